The van der Waals surface area contributed by atoms with Crippen LogP contribution in [0, 0.1) is 5.92 Å². The predicted molar refractivity (Wildman–Crippen MR) is 104 cm³/mol. The monoisotopic (exact) mass is 385 g/mol. The predicted octanol–water partition coefficient (Wildman–Crippen LogP) is 2.23. The number of benzene rings is 1. The number of hydrogen-bond donors (Lipinski definition) is 2. The molecule has 130 valence electrons. The van der Waals surface area contributed by atoms with Crippen LogP contribution < -0.4 is 16.0 Å². The molecule has 1 aromatic heterocycles. The molecule has 2 saturated heterocycles. The van der Waals surface area contributed by atoms with Crippen LogP contribution in [0.3, 0.4) is 0 Å². The maximum Gasteiger partial charge on any atom is 0.225 e. The van der Waals surface area contributed by atoms with Crippen molar-refractivity contribution in [1.29, 1.82) is 0 Å². The number of nitrogens with zero attached hydrogens (tertiary/aromatic N) is 3. The summed E-state index contributed by atoms with van der Waals surface area (Å²) in [6, 6.07) is 12.5. The summed E-state index contributed by atoms with van der Waals surface area (Å²) < 4.78 is 0. The molecule has 0 spiro atoms. The Hall–Kier alpha value is -1.05. The van der Waals surface area contributed by atoms with Crippen LogP contribution in [0.1, 0.15) is 5.56 Å². The Balaban J connectivity index is 0.00000104. The van der Waals surface area contributed by atoms with Crippen molar-refractivity contribution in [3.8, 4) is 0 Å². The Morgan fingerprint density at radius 1 is 1.12 bits per heavy atom. The van der Waals surface area contributed by atoms with Crippen molar-refractivity contribution in [2.45, 2.75) is 11.0 Å². The molecule has 3 N–H and O–H groups in total. The van der Waals surface area contributed by atoms with Gasteiger partial charge in [-0.2, -0.15) is 0 Å². The smallest absolute Gasteiger partial charge is 0.225 e. The van der Waals surface area contributed by atoms with Gasteiger partial charge in [-0.25, -0.2) is 9.97 Å². The molecule has 0 bridgehead atoms. The molecule has 2 aliphatic heterocycles. The van der Waals surface area contributed by atoms with Crippen LogP contribution in [-0.2, 0) is 5.54 Å². The Bertz CT molecular complexity index is 647. The molecular formula is C16H21Cl2N5S. The Kier molecular flexibility index (Phi) is 6.33. The first-order chi connectivity index (χ1) is 10.8. The van der Waals surface area contributed by atoms with E-state index in [0.717, 1.165) is 24.8 Å². The lowest BCUT2D eigenvalue weighted by Crippen LogP contribution is -2.59. The van der Waals surface area contributed by atoms with Crippen molar-refractivity contribution in [1.82, 2.24) is 15.3 Å². The fourth-order valence-electron chi connectivity index (χ4n) is 3.54. The summed E-state index contributed by atoms with van der Waals surface area (Å²) >= 11 is 1.78. The summed E-state index contributed by atoms with van der Waals surface area (Å²) in [5.74, 6) is 2.34. The first-order valence-corrected chi connectivity index (χ1v) is 8.55. The molecule has 1 aromatic carbocycles. The lowest BCUT2D eigenvalue weighted by atomic mass is 9.81. The van der Waals surface area contributed by atoms with Gasteiger partial charge in [0.2, 0.25) is 5.95 Å². The first-order valence-electron chi connectivity index (χ1n) is 7.50. The molecule has 8 heteroatoms. The third-order valence-corrected chi connectivity index (χ3v) is 5.65. The number of halogens is 2. The van der Waals surface area contributed by atoms with E-state index in [9.17, 15) is 0 Å². The molecular weight excluding hydrogens is 365 g/mol. The van der Waals surface area contributed by atoms with Crippen molar-refractivity contribution < 1.29 is 0 Å². The second-order valence-corrected chi connectivity index (χ2v) is 7.04. The van der Waals surface area contributed by atoms with Crippen LogP contribution in [0.5, 0.6) is 0 Å². The number of fused-ring (bicyclic) bond motifs is 1. The standard InChI is InChI=1S/C16H19N5S.2ClH/c17-14-20-16(12-5-2-1-3-6-12)11-21(9-13(16)10-22-14)15-18-7-4-8-19-15;;/h1-8,13-14,20H,9-11,17H2;2*1H/t13-,14?,16+;;/m0../s1. The number of thioether (sulfide) groups is 1. The van der Waals surface area contributed by atoms with E-state index in [0.29, 0.717) is 5.92 Å². The highest BCUT2D eigenvalue weighted by molar-refractivity contribution is 7.99. The minimum atomic E-state index is -0.120. The maximum atomic E-state index is 6.20. The molecule has 3 atom stereocenters. The number of nitrogens with two attached hydrogens (primary N) is 1. The third kappa shape index (κ3) is 3.34. The van der Waals surface area contributed by atoms with E-state index >= 15 is 0 Å². The Morgan fingerprint density at radius 3 is 2.54 bits per heavy atom. The van der Waals surface area contributed by atoms with Gasteiger partial charge in [-0.15, -0.1) is 36.6 Å². The first kappa shape index (κ1) is 19.3. The van der Waals surface area contributed by atoms with Gasteiger partial charge >= 0.3 is 0 Å². The van der Waals surface area contributed by atoms with Gasteiger partial charge in [0.05, 0.1) is 5.54 Å². The normalized spacial score (nSPS) is 28.5. The summed E-state index contributed by atoms with van der Waals surface area (Å²) in [6.45, 7) is 1.80. The Morgan fingerprint density at radius 2 is 1.83 bits per heavy atom. The van der Waals surface area contributed by atoms with Gasteiger partial charge in [-0.05, 0) is 11.6 Å². The molecule has 0 saturated carbocycles. The molecule has 2 aromatic rings. The van der Waals surface area contributed by atoms with E-state index in [2.05, 4.69) is 50.5 Å². The van der Waals surface area contributed by atoms with Crippen molar-refractivity contribution in [2.24, 2.45) is 11.7 Å². The number of aromatic nitrogens is 2. The minimum Gasteiger partial charge on any atom is -0.338 e. The van der Waals surface area contributed by atoms with Crippen LogP contribution in [0.2, 0.25) is 0 Å². The number of nitrogens with one attached hydrogen (secondary N) is 1. The van der Waals surface area contributed by atoms with Crippen molar-refractivity contribution in [2.75, 3.05) is 23.7 Å². The van der Waals surface area contributed by atoms with Crippen LogP contribution in [0.25, 0.3) is 0 Å². The third-order valence-electron chi connectivity index (χ3n) is 4.58. The van der Waals surface area contributed by atoms with E-state index in [4.69, 9.17) is 5.73 Å². The lowest BCUT2D eigenvalue weighted by molar-refractivity contribution is 0.274. The van der Waals surface area contributed by atoms with Gasteiger partial charge in [-0.1, -0.05) is 30.3 Å². The second kappa shape index (κ2) is 7.89. The average Bonchev–Trinajstić information content (AvgIpc) is 2.96. The van der Waals surface area contributed by atoms with E-state index in [1.165, 1.54) is 5.56 Å². The zero-order chi connectivity index (χ0) is 15.0. The molecule has 0 amide bonds. The van der Waals surface area contributed by atoms with Gasteiger partial charge in [0.1, 0.15) is 5.50 Å². The topological polar surface area (TPSA) is 67.1 Å². The zero-order valence-corrected chi connectivity index (χ0v) is 15.5. The summed E-state index contributed by atoms with van der Waals surface area (Å²) in [5, 5.41) is 3.65. The van der Waals surface area contributed by atoms with E-state index in [1.807, 2.05) is 6.07 Å². The summed E-state index contributed by atoms with van der Waals surface area (Å²) in [5.41, 5.74) is 7.35. The van der Waals surface area contributed by atoms with E-state index < -0.39 is 0 Å². The van der Waals surface area contributed by atoms with Gasteiger partial charge < -0.3 is 10.6 Å². The van der Waals surface area contributed by atoms with Crippen LogP contribution in [0.4, 0.5) is 5.95 Å². The number of anilines is 1. The SMILES string of the molecule is Cl.Cl.NC1N[C@@]2(c3ccccc3)CN(c3ncccn3)C[C@H]2CS1. The second-order valence-electron chi connectivity index (χ2n) is 5.86. The molecule has 3 heterocycles. The van der Waals surface area contributed by atoms with Crippen LogP contribution in [-0.4, -0.2) is 34.3 Å². The summed E-state index contributed by atoms with van der Waals surface area (Å²) in [4.78, 5) is 11.1. The zero-order valence-electron chi connectivity index (χ0n) is 13.0. The van der Waals surface area contributed by atoms with Crippen molar-refractivity contribution in [3.63, 3.8) is 0 Å². The highest BCUT2D eigenvalue weighted by Gasteiger charge is 2.51. The summed E-state index contributed by atoms with van der Waals surface area (Å²) in [6.07, 6.45) is 3.60. The maximum absolute atomic E-state index is 6.20. The molecule has 2 fully saturated rings. The molecule has 24 heavy (non-hydrogen) atoms. The number of rotatable bonds is 2. The van der Waals surface area contributed by atoms with Crippen molar-refractivity contribution >= 4 is 42.5 Å². The fourth-order valence-corrected chi connectivity index (χ4v) is 4.67. The summed E-state index contributed by atoms with van der Waals surface area (Å²) in [7, 11) is 0. The lowest BCUT2D eigenvalue weighted by Gasteiger charge is -2.42. The van der Waals surface area contributed by atoms with Crippen molar-refractivity contribution in [3.05, 3.63) is 54.4 Å². The molecule has 0 aliphatic carbocycles. The highest BCUT2D eigenvalue weighted by Crippen LogP contribution is 2.43. The van der Waals surface area contributed by atoms with Gasteiger partial charge in [0.25, 0.3) is 0 Å². The van der Waals surface area contributed by atoms with Gasteiger partial charge in [0, 0.05) is 37.2 Å². The minimum absolute atomic E-state index is 0. The van der Waals surface area contributed by atoms with Crippen LogP contribution >= 0.6 is 36.6 Å². The van der Waals surface area contributed by atoms with Gasteiger partial charge in [-0.3, -0.25) is 5.32 Å². The highest BCUT2D eigenvalue weighted by atomic mass is 35.5. The number of hydrogen-bond acceptors (Lipinski definition) is 6. The van der Waals surface area contributed by atoms with E-state index in [-0.39, 0.29) is 35.9 Å². The average molecular weight is 386 g/mol. The van der Waals surface area contributed by atoms with E-state index in [1.54, 1.807) is 24.2 Å². The Labute approximate surface area is 158 Å². The van der Waals surface area contributed by atoms with Gasteiger partial charge in [0.15, 0.2) is 0 Å². The molecule has 5 nitrogen and oxygen atoms in total. The quantitative estimate of drug-likeness (QED) is 0.825. The molecule has 0 radical (unpaired) electrons. The largest absolute Gasteiger partial charge is 0.338 e. The molecule has 1 unspecified atom stereocenters. The fraction of sp³-hybridized carbons (Fsp3) is 0.375. The molecule has 2 aliphatic rings. The van der Waals surface area contributed by atoms with Crippen LogP contribution in [0.15, 0.2) is 48.8 Å². The molecule has 4 rings (SSSR count).